The van der Waals surface area contributed by atoms with E-state index in [1.54, 1.807) is 7.11 Å². The minimum Gasteiger partial charge on any atom is -0.496 e. The van der Waals surface area contributed by atoms with E-state index in [9.17, 15) is 4.79 Å². The van der Waals surface area contributed by atoms with E-state index in [0.29, 0.717) is 18.7 Å². The van der Waals surface area contributed by atoms with Gasteiger partial charge in [-0.15, -0.1) is 0 Å². The Morgan fingerprint density at radius 2 is 1.60 bits per heavy atom. The number of likely N-dealkylation sites (N-methyl/N-ethyl adjacent to an activating group) is 1. The van der Waals surface area contributed by atoms with Crippen LogP contribution in [0.1, 0.15) is 27.5 Å². The maximum Gasteiger partial charge on any atom is 0.251 e. The van der Waals surface area contributed by atoms with Crippen LogP contribution < -0.4 is 14.8 Å². The summed E-state index contributed by atoms with van der Waals surface area (Å²) in [6.45, 7) is 0.938. The van der Waals surface area contributed by atoms with Gasteiger partial charge >= 0.3 is 0 Å². The standard InChI is InChI=1S/C25H28N2O3/c1-27(2)23(22-11-7-8-12-24(22)29-3)17-26-25(28)20-15-13-19(14-16-20)18-30-21-9-5-4-6-10-21/h4-16,23H,17-18H2,1-3H3,(H,26,28). The molecule has 0 aromatic heterocycles. The zero-order valence-electron chi connectivity index (χ0n) is 17.7. The summed E-state index contributed by atoms with van der Waals surface area (Å²) in [5.41, 5.74) is 2.67. The molecular weight excluding hydrogens is 376 g/mol. The van der Waals surface area contributed by atoms with Crippen LogP contribution >= 0.6 is 0 Å². The van der Waals surface area contributed by atoms with Gasteiger partial charge in [-0.1, -0.05) is 48.5 Å². The number of rotatable bonds is 9. The first-order valence-electron chi connectivity index (χ1n) is 9.93. The van der Waals surface area contributed by atoms with Crippen LogP contribution in [-0.2, 0) is 6.61 Å². The Balaban J connectivity index is 1.59. The molecule has 0 radical (unpaired) electrons. The third-order valence-electron chi connectivity index (χ3n) is 4.94. The van der Waals surface area contributed by atoms with Crippen LogP contribution in [0.25, 0.3) is 0 Å². The van der Waals surface area contributed by atoms with Crippen LogP contribution in [0.15, 0.2) is 78.9 Å². The molecule has 1 unspecified atom stereocenters. The van der Waals surface area contributed by atoms with Crippen molar-refractivity contribution in [3.05, 3.63) is 95.6 Å². The number of carbonyl (C=O) groups excluding carboxylic acids is 1. The number of methoxy groups -OCH3 is 1. The molecule has 0 aliphatic carbocycles. The lowest BCUT2D eigenvalue weighted by Crippen LogP contribution is -2.34. The number of nitrogens with one attached hydrogen (secondary N) is 1. The van der Waals surface area contributed by atoms with E-state index in [0.717, 1.165) is 22.6 Å². The molecule has 3 rings (SSSR count). The predicted molar refractivity (Wildman–Crippen MR) is 119 cm³/mol. The van der Waals surface area contributed by atoms with Crippen LogP contribution in [0, 0.1) is 0 Å². The molecule has 0 saturated carbocycles. The number of hydrogen-bond donors (Lipinski definition) is 1. The third-order valence-corrected chi connectivity index (χ3v) is 4.94. The molecule has 0 aliphatic heterocycles. The van der Waals surface area contributed by atoms with Crippen molar-refractivity contribution in [2.75, 3.05) is 27.7 Å². The average molecular weight is 405 g/mol. The van der Waals surface area contributed by atoms with Gasteiger partial charge in [0.2, 0.25) is 0 Å². The first kappa shape index (κ1) is 21.4. The van der Waals surface area contributed by atoms with Crippen molar-refractivity contribution in [2.45, 2.75) is 12.6 Å². The molecule has 3 aromatic rings. The zero-order valence-corrected chi connectivity index (χ0v) is 17.7. The van der Waals surface area contributed by atoms with Gasteiger partial charge in [0.1, 0.15) is 18.1 Å². The molecule has 1 atom stereocenters. The van der Waals surface area contributed by atoms with Crippen molar-refractivity contribution in [3.8, 4) is 11.5 Å². The summed E-state index contributed by atoms with van der Waals surface area (Å²) in [5.74, 6) is 1.53. The number of carbonyl (C=O) groups is 1. The fourth-order valence-corrected chi connectivity index (χ4v) is 3.24. The molecule has 156 valence electrons. The van der Waals surface area contributed by atoms with E-state index in [-0.39, 0.29) is 11.9 Å². The second kappa shape index (κ2) is 10.5. The molecule has 5 nitrogen and oxygen atoms in total. The number of benzene rings is 3. The molecule has 30 heavy (non-hydrogen) atoms. The Labute approximate surface area is 178 Å². The molecule has 0 fully saturated rings. The quantitative estimate of drug-likeness (QED) is 0.578. The van der Waals surface area contributed by atoms with Gasteiger partial charge in [-0.3, -0.25) is 4.79 Å². The minimum absolute atomic E-state index is 0.00338. The topological polar surface area (TPSA) is 50.8 Å². The maximum absolute atomic E-state index is 12.7. The SMILES string of the molecule is COc1ccccc1C(CNC(=O)c1ccc(COc2ccccc2)cc1)N(C)C. The largest absolute Gasteiger partial charge is 0.496 e. The number of para-hydroxylation sites is 2. The highest BCUT2D eigenvalue weighted by Gasteiger charge is 2.19. The molecule has 0 bridgehead atoms. The van der Waals surface area contributed by atoms with Gasteiger partial charge in [-0.2, -0.15) is 0 Å². The van der Waals surface area contributed by atoms with Crippen LogP contribution in [0.4, 0.5) is 0 Å². The first-order chi connectivity index (χ1) is 14.6. The van der Waals surface area contributed by atoms with Crippen molar-refractivity contribution in [1.29, 1.82) is 0 Å². The zero-order chi connectivity index (χ0) is 21.3. The summed E-state index contributed by atoms with van der Waals surface area (Å²) in [6.07, 6.45) is 0. The normalized spacial score (nSPS) is 11.7. The predicted octanol–water partition coefficient (Wildman–Crippen LogP) is 4.31. The lowest BCUT2D eigenvalue weighted by atomic mass is 10.0. The van der Waals surface area contributed by atoms with Gasteiger partial charge in [0.05, 0.1) is 13.2 Å². The average Bonchev–Trinajstić information content (AvgIpc) is 2.79. The second-order valence-corrected chi connectivity index (χ2v) is 7.23. The summed E-state index contributed by atoms with van der Waals surface area (Å²) >= 11 is 0. The molecule has 0 saturated heterocycles. The third kappa shape index (κ3) is 5.61. The van der Waals surface area contributed by atoms with E-state index in [2.05, 4.69) is 10.2 Å². The Morgan fingerprint density at radius 1 is 0.933 bits per heavy atom. The number of hydrogen-bond acceptors (Lipinski definition) is 4. The number of nitrogens with zero attached hydrogens (tertiary/aromatic N) is 1. The summed E-state index contributed by atoms with van der Waals surface area (Å²) in [6, 6.07) is 25.0. The number of ether oxygens (including phenoxy) is 2. The van der Waals surface area contributed by atoms with Gasteiger partial charge in [-0.25, -0.2) is 0 Å². The summed E-state index contributed by atoms with van der Waals surface area (Å²) < 4.78 is 11.2. The molecule has 0 aliphatic rings. The van der Waals surface area contributed by atoms with Crippen LogP contribution in [-0.4, -0.2) is 38.6 Å². The Morgan fingerprint density at radius 3 is 2.27 bits per heavy atom. The Bertz CT molecular complexity index is 940. The molecule has 5 heteroatoms. The lowest BCUT2D eigenvalue weighted by Gasteiger charge is -2.26. The van der Waals surface area contributed by atoms with E-state index in [1.165, 1.54) is 0 Å². The molecule has 1 amide bonds. The molecule has 3 aromatic carbocycles. The first-order valence-corrected chi connectivity index (χ1v) is 9.93. The van der Waals surface area contributed by atoms with E-state index in [4.69, 9.17) is 9.47 Å². The van der Waals surface area contributed by atoms with E-state index < -0.39 is 0 Å². The summed E-state index contributed by atoms with van der Waals surface area (Å²) in [4.78, 5) is 14.7. The van der Waals surface area contributed by atoms with Crippen LogP contribution in [0.5, 0.6) is 11.5 Å². The molecule has 0 heterocycles. The van der Waals surface area contributed by atoms with Gasteiger partial charge in [0.15, 0.2) is 0 Å². The van der Waals surface area contributed by atoms with Crippen molar-refractivity contribution in [1.82, 2.24) is 10.2 Å². The monoisotopic (exact) mass is 404 g/mol. The maximum atomic E-state index is 12.7. The molecule has 1 N–H and O–H groups in total. The highest BCUT2D eigenvalue weighted by atomic mass is 16.5. The van der Waals surface area contributed by atoms with Gasteiger partial charge in [0, 0.05) is 17.7 Å². The smallest absolute Gasteiger partial charge is 0.251 e. The van der Waals surface area contributed by atoms with E-state index >= 15 is 0 Å². The highest BCUT2D eigenvalue weighted by Crippen LogP contribution is 2.27. The highest BCUT2D eigenvalue weighted by molar-refractivity contribution is 5.94. The van der Waals surface area contributed by atoms with Gasteiger partial charge in [0.25, 0.3) is 5.91 Å². The fourth-order valence-electron chi connectivity index (χ4n) is 3.24. The van der Waals surface area contributed by atoms with Crippen LogP contribution in [0.2, 0.25) is 0 Å². The minimum atomic E-state index is -0.104. The van der Waals surface area contributed by atoms with Gasteiger partial charge in [-0.05, 0) is 50.0 Å². The summed E-state index contributed by atoms with van der Waals surface area (Å²) in [7, 11) is 5.64. The van der Waals surface area contributed by atoms with Crippen LogP contribution in [0.3, 0.4) is 0 Å². The van der Waals surface area contributed by atoms with Gasteiger partial charge < -0.3 is 19.7 Å². The van der Waals surface area contributed by atoms with Crippen molar-refractivity contribution >= 4 is 5.91 Å². The van der Waals surface area contributed by atoms with E-state index in [1.807, 2.05) is 93.0 Å². The van der Waals surface area contributed by atoms with Crippen molar-refractivity contribution < 1.29 is 14.3 Å². The fraction of sp³-hybridized carbons (Fsp3) is 0.240. The Kier molecular flexibility index (Phi) is 7.46. The lowest BCUT2D eigenvalue weighted by molar-refractivity contribution is 0.0941. The summed E-state index contributed by atoms with van der Waals surface area (Å²) in [5, 5.41) is 3.04. The second-order valence-electron chi connectivity index (χ2n) is 7.23. The Hall–Kier alpha value is -3.31. The molecular formula is C25H28N2O3. The van der Waals surface area contributed by atoms with Crippen molar-refractivity contribution in [2.24, 2.45) is 0 Å². The van der Waals surface area contributed by atoms with Crippen molar-refractivity contribution in [3.63, 3.8) is 0 Å². The number of amides is 1. The molecule has 0 spiro atoms.